The smallest absolute Gasteiger partial charge is 0.343 e. The molecule has 5 rings (SSSR count). The van der Waals surface area contributed by atoms with E-state index in [9.17, 15) is 19.5 Å². The number of carbonyl (C=O) groups excluding carboxylic acids is 3. The van der Waals surface area contributed by atoms with Crippen LogP contribution >= 0.6 is 0 Å². The third kappa shape index (κ3) is 9.00. The largest absolute Gasteiger partial charge is 0.508 e. The van der Waals surface area contributed by atoms with Gasteiger partial charge in [-0.25, -0.2) is 14.4 Å². The number of fused-ring (bicyclic) bond motifs is 2. The number of rotatable bonds is 15. The maximum absolute atomic E-state index is 13.1. The number of aryl methyl sites for hydroxylation is 1. The lowest BCUT2D eigenvalue weighted by Crippen LogP contribution is -2.11. The van der Waals surface area contributed by atoms with Crippen LogP contribution in [0.1, 0.15) is 65.3 Å². The molecule has 0 radical (unpaired) electrons. The highest BCUT2D eigenvalue weighted by Crippen LogP contribution is 2.29. The summed E-state index contributed by atoms with van der Waals surface area (Å²) in [6.45, 7) is 6.37. The van der Waals surface area contributed by atoms with E-state index in [0.717, 1.165) is 65.0 Å². The fourth-order valence-corrected chi connectivity index (χ4v) is 5.29. The second-order valence-corrected chi connectivity index (χ2v) is 11.4. The van der Waals surface area contributed by atoms with E-state index in [2.05, 4.69) is 6.58 Å². The molecule has 0 bridgehead atoms. The van der Waals surface area contributed by atoms with E-state index in [0.29, 0.717) is 42.3 Å². The second kappa shape index (κ2) is 16.3. The number of carbonyl (C=O) groups is 3. The molecule has 5 aromatic carbocycles. The molecule has 0 aliphatic heterocycles. The predicted octanol–water partition coefficient (Wildman–Crippen LogP) is 8.76. The normalized spacial score (nSPS) is 10.9. The van der Waals surface area contributed by atoms with E-state index in [1.807, 2.05) is 31.2 Å². The molecule has 0 aliphatic rings. The zero-order chi connectivity index (χ0) is 33.9. The van der Waals surface area contributed by atoms with Crippen molar-refractivity contribution in [1.29, 1.82) is 0 Å². The lowest BCUT2D eigenvalue weighted by molar-refractivity contribution is -0.137. The van der Waals surface area contributed by atoms with Gasteiger partial charge in [0, 0.05) is 6.08 Å². The van der Waals surface area contributed by atoms with Crippen molar-refractivity contribution in [2.75, 3.05) is 13.2 Å². The fraction of sp³-hybridized carbons (Fsp3) is 0.225. The Balaban J connectivity index is 1.16. The van der Waals surface area contributed by atoms with Gasteiger partial charge in [0.15, 0.2) is 0 Å². The van der Waals surface area contributed by atoms with Crippen LogP contribution in [0.15, 0.2) is 104 Å². The lowest BCUT2D eigenvalue weighted by Gasteiger charge is -2.13. The molecule has 8 nitrogen and oxygen atoms in total. The van der Waals surface area contributed by atoms with Crippen LogP contribution < -0.4 is 14.2 Å². The average molecular weight is 647 g/mol. The van der Waals surface area contributed by atoms with Crippen LogP contribution in [0.5, 0.6) is 23.0 Å². The number of phenolic OH excluding ortho intramolecular Hbond substituents is 1. The molecule has 0 spiro atoms. The van der Waals surface area contributed by atoms with Crippen LogP contribution in [0.3, 0.4) is 0 Å². The number of aromatic hydroxyl groups is 1. The Kier molecular flexibility index (Phi) is 11.4. The van der Waals surface area contributed by atoms with Gasteiger partial charge in [-0.15, -0.1) is 0 Å². The van der Waals surface area contributed by atoms with E-state index < -0.39 is 17.9 Å². The molecule has 0 heterocycles. The standard InChI is InChI=1S/C40H38O8/c1-3-9-31-26-36(18-19-37(31)48-40(44)33-12-10-29-24-34(41)16-14-27(29)22-33)47-39(43)32-13-11-30-25-35(17-15-28(30)23-32)45-20-7-5-6-8-21-46-38(42)4-2/h4,10-19,22-26,41H,2-3,5-9,20-21H2,1H3. The number of phenols is 1. The molecule has 48 heavy (non-hydrogen) atoms. The molecule has 0 aromatic heterocycles. The molecule has 0 fully saturated rings. The summed E-state index contributed by atoms with van der Waals surface area (Å²) in [5, 5.41) is 13.2. The Hall–Kier alpha value is -5.63. The summed E-state index contributed by atoms with van der Waals surface area (Å²) in [6.07, 6.45) is 6.20. The summed E-state index contributed by atoms with van der Waals surface area (Å²) in [7, 11) is 0. The Labute approximate surface area is 279 Å². The van der Waals surface area contributed by atoms with Gasteiger partial charge in [0.1, 0.15) is 23.0 Å². The molecular weight excluding hydrogens is 608 g/mol. The molecule has 5 aromatic rings. The van der Waals surface area contributed by atoms with Gasteiger partial charge in [-0.1, -0.05) is 44.2 Å². The minimum absolute atomic E-state index is 0.158. The van der Waals surface area contributed by atoms with Gasteiger partial charge in [0.05, 0.1) is 24.3 Å². The molecule has 0 unspecified atom stereocenters. The molecule has 0 aliphatic carbocycles. The van der Waals surface area contributed by atoms with Crippen LogP contribution in [0.25, 0.3) is 21.5 Å². The molecule has 1 N–H and O–H groups in total. The van der Waals surface area contributed by atoms with Crippen molar-refractivity contribution >= 4 is 39.5 Å². The average Bonchev–Trinajstić information content (AvgIpc) is 3.09. The monoisotopic (exact) mass is 646 g/mol. The number of unbranched alkanes of at least 4 members (excludes halogenated alkanes) is 3. The van der Waals surface area contributed by atoms with Gasteiger partial charge >= 0.3 is 17.9 Å². The van der Waals surface area contributed by atoms with Gasteiger partial charge in [-0.05, 0) is 126 Å². The minimum Gasteiger partial charge on any atom is -0.508 e. The number of esters is 3. The van der Waals surface area contributed by atoms with Gasteiger partial charge in [0.25, 0.3) is 0 Å². The van der Waals surface area contributed by atoms with Crippen molar-refractivity contribution in [1.82, 2.24) is 0 Å². The number of ether oxygens (including phenoxy) is 4. The minimum atomic E-state index is -0.502. The Morgan fingerprint density at radius 2 is 1.27 bits per heavy atom. The zero-order valence-electron chi connectivity index (χ0n) is 26.9. The van der Waals surface area contributed by atoms with Gasteiger partial charge in [-0.3, -0.25) is 0 Å². The summed E-state index contributed by atoms with van der Waals surface area (Å²) < 4.78 is 22.4. The van der Waals surface area contributed by atoms with E-state index in [1.165, 1.54) is 6.08 Å². The van der Waals surface area contributed by atoms with Crippen molar-refractivity contribution in [3.8, 4) is 23.0 Å². The Morgan fingerprint density at radius 3 is 1.98 bits per heavy atom. The van der Waals surface area contributed by atoms with E-state index in [-0.39, 0.29) is 5.75 Å². The van der Waals surface area contributed by atoms with Crippen LogP contribution in [0, 0.1) is 0 Å². The summed E-state index contributed by atoms with van der Waals surface area (Å²) in [5.41, 5.74) is 1.55. The number of benzene rings is 5. The summed E-state index contributed by atoms with van der Waals surface area (Å²) in [4.78, 5) is 37.2. The SMILES string of the molecule is C=CC(=O)OCCCCCCOc1ccc2cc(C(=O)Oc3ccc(OC(=O)c4ccc5cc(O)ccc5c4)c(CCC)c3)ccc2c1. The van der Waals surface area contributed by atoms with Gasteiger partial charge < -0.3 is 24.1 Å². The van der Waals surface area contributed by atoms with Crippen molar-refractivity contribution in [3.05, 3.63) is 120 Å². The molecule has 0 atom stereocenters. The third-order valence-corrected chi connectivity index (χ3v) is 7.79. The van der Waals surface area contributed by atoms with Gasteiger partial charge in [0.2, 0.25) is 0 Å². The van der Waals surface area contributed by atoms with Crippen molar-refractivity contribution < 1.29 is 38.4 Å². The molecule has 8 heteroatoms. The van der Waals surface area contributed by atoms with Crippen molar-refractivity contribution in [2.45, 2.75) is 45.4 Å². The van der Waals surface area contributed by atoms with E-state index in [4.69, 9.17) is 18.9 Å². The van der Waals surface area contributed by atoms with E-state index in [1.54, 1.807) is 66.7 Å². The quantitative estimate of drug-likeness (QED) is 0.0521. The van der Waals surface area contributed by atoms with Crippen LogP contribution in [-0.4, -0.2) is 36.2 Å². The summed E-state index contributed by atoms with van der Waals surface area (Å²) in [5.74, 6) is 0.282. The molecular formula is C40H38O8. The lowest BCUT2D eigenvalue weighted by atomic mass is 10.1. The Bertz CT molecular complexity index is 1940. The highest BCUT2D eigenvalue weighted by molar-refractivity contribution is 5.98. The maximum Gasteiger partial charge on any atom is 0.343 e. The molecule has 0 saturated carbocycles. The predicted molar refractivity (Wildman–Crippen MR) is 185 cm³/mol. The first kappa shape index (κ1) is 33.7. The molecule has 0 saturated heterocycles. The Morgan fingerprint density at radius 1 is 0.667 bits per heavy atom. The molecule has 0 amide bonds. The van der Waals surface area contributed by atoms with Crippen LogP contribution in [0.4, 0.5) is 0 Å². The third-order valence-electron chi connectivity index (χ3n) is 7.79. The number of hydrogen-bond acceptors (Lipinski definition) is 8. The number of hydrogen-bond donors (Lipinski definition) is 1. The first-order valence-electron chi connectivity index (χ1n) is 16.1. The highest BCUT2D eigenvalue weighted by atomic mass is 16.5. The summed E-state index contributed by atoms with van der Waals surface area (Å²) >= 11 is 0. The summed E-state index contributed by atoms with van der Waals surface area (Å²) in [6, 6.07) is 26.2. The topological polar surface area (TPSA) is 108 Å². The first-order valence-corrected chi connectivity index (χ1v) is 16.1. The van der Waals surface area contributed by atoms with Crippen LogP contribution in [0.2, 0.25) is 0 Å². The second-order valence-electron chi connectivity index (χ2n) is 11.4. The van der Waals surface area contributed by atoms with Crippen molar-refractivity contribution in [2.24, 2.45) is 0 Å². The zero-order valence-corrected chi connectivity index (χ0v) is 26.9. The van der Waals surface area contributed by atoms with Gasteiger partial charge in [-0.2, -0.15) is 0 Å². The fourth-order valence-electron chi connectivity index (χ4n) is 5.29. The van der Waals surface area contributed by atoms with Crippen LogP contribution in [-0.2, 0) is 16.0 Å². The maximum atomic E-state index is 13.1. The van der Waals surface area contributed by atoms with E-state index >= 15 is 0 Å². The van der Waals surface area contributed by atoms with Crippen molar-refractivity contribution in [3.63, 3.8) is 0 Å². The first-order chi connectivity index (χ1) is 23.3. The highest BCUT2D eigenvalue weighted by Gasteiger charge is 2.16. The molecule has 246 valence electrons.